The number of nitrogens with zero attached hydrogens (tertiary/aromatic N) is 1. The van der Waals surface area contributed by atoms with Crippen LogP contribution in [-0.2, 0) is 0 Å². The molecule has 1 aromatic rings. The summed E-state index contributed by atoms with van der Waals surface area (Å²) < 4.78 is 5.84. The summed E-state index contributed by atoms with van der Waals surface area (Å²) in [6, 6.07) is 8.66. The highest BCUT2D eigenvalue weighted by molar-refractivity contribution is 5.36. The Morgan fingerprint density at radius 2 is 2.06 bits per heavy atom. The summed E-state index contributed by atoms with van der Waals surface area (Å²) in [7, 11) is 0. The third kappa shape index (κ3) is 2.76. The van der Waals surface area contributed by atoms with Crippen molar-refractivity contribution >= 4 is 0 Å². The molecule has 0 aromatic heterocycles. The van der Waals surface area contributed by atoms with Crippen LogP contribution in [0, 0.1) is 0 Å². The van der Waals surface area contributed by atoms with Crippen LogP contribution in [-0.4, -0.2) is 12.6 Å². The van der Waals surface area contributed by atoms with Crippen molar-refractivity contribution in [3.8, 4) is 5.75 Å². The van der Waals surface area contributed by atoms with Crippen molar-refractivity contribution in [1.82, 2.24) is 5.32 Å². The Labute approximate surface area is 98.0 Å². The van der Waals surface area contributed by atoms with Crippen LogP contribution in [0.1, 0.15) is 44.7 Å². The molecule has 0 spiro atoms. The Morgan fingerprint density at radius 3 is 2.75 bits per heavy atom. The number of hydrogen-bond acceptors (Lipinski definition) is 1. The molecule has 1 heterocycles. The predicted octanol–water partition coefficient (Wildman–Crippen LogP) is 3.30. The Bertz CT molecular complexity index is 329. The first-order valence-electron chi connectivity index (χ1n) is 6.19. The third-order valence-electron chi connectivity index (χ3n) is 2.88. The van der Waals surface area contributed by atoms with Gasteiger partial charge in [-0.1, -0.05) is 24.6 Å². The molecule has 1 fully saturated rings. The van der Waals surface area contributed by atoms with Gasteiger partial charge < -0.3 is 4.74 Å². The first-order chi connectivity index (χ1) is 7.77. The van der Waals surface area contributed by atoms with E-state index in [0.29, 0.717) is 6.04 Å². The Morgan fingerprint density at radius 1 is 1.25 bits per heavy atom. The fourth-order valence-electron chi connectivity index (χ4n) is 2.16. The fourth-order valence-corrected chi connectivity index (χ4v) is 2.16. The summed E-state index contributed by atoms with van der Waals surface area (Å²) in [6.45, 7) is 5.13. The number of hydrogen-bond donors (Lipinski definition) is 0. The Hall–Kier alpha value is -1.02. The van der Waals surface area contributed by atoms with Crippen molar-refractivity contribution in [1.29, 1.82) is 0 Å². The topological polar surface area (TPSA) is 23.3 Å². The van der Waals surface area contributed by atoms with Gasteiger partial charge in [0.1, 0.15) is 5.75 Å². The van der Waals surface area contributed by atoms with Gasteiger partial charge in [-0.3, -0.25) is 0 Å². The van der Waals surface area contributed by atoms with Crippen molar-refractivity contribution < 1.29 is 4.74 Å². The SMILES string of the molecule is CC(C)Oc1ccccc1C1CCCC[N]1. The Balaban J connectivity index is 2.17. The summed E-state index contributed by atoms with van der Waals surface area (Å²) in [5.74, 6) is 1.01. The second kappa shape index (κ2) is 5.35. The van der Waals surface area contributed by atoms with E-state index in [1.165, 1.54) is 24.8 Å². The molecular formula is C14H20NO. The molecule has 1 atom stereocenters. The van der Waals surface area contributed by atoms with Gasteiger partial charge in [-0.05, 0) is 32.8 Å². The molecule has 2 nitrogen and oxygen atoms in total. The zero-order valence-electron chi connectivity index (χ0n) is 10.1. The molecule has 1 unspecified atom stereocenters. The van der Waals surface area contributed by atoms with E-state index in [0.717, 1.165) is 12.3 Å². The first kappa shape index (κ1) is 11.5. The van der Waals surface area contributed by atoms with Gasteiger partial charge >= 0.3 is 0 Å². The minimum absolute atomic E-state index is 0.227. The molecule has 2 rings (SSSR count). The van der Waals surface area contributed by atoms with Crippen molar-refractivity contribution in [3.05, 3.63) is 29.8 Å². The highest BCUT2D eigenvalue weighted by atomic mass is 16.5. The molecule has 2 heteroatoms. The van der Waals surface area contributed by atoms with Crippen LogP contribution in [0.2, 0.25) is 0 Å². The van der Waals surface area contributed by atoms with Crippen LogP contribution in [0.15, 0.2) is 24.3 Å². The minimum Gasteiger partial charge on any atom is -0.491 e. The molecule has 0 aliphatic carbocycles. The standard InChI is InChI=1S/C14H20NO/c1-11(2)16-14-9-4-3-7-12(14)13-8-5-6-10-15-13/h3-4,7,9,11,13H,5-6,8,10H2,1-2H3. The molecule has 1 aromatic carbocycles. The monoisotopic (exact) mass is 218 g/mol. The van der Waals surface area contributed by atoms with Gasteiger partial charge in [0.25, 0.3) is 0 Å². The van der Waals surface area contributed by atoms with E-state index in [-0.39, 0.29) is 6.10 Å². The maximum Gasteiger partial charge on any atom is 0.124 e. The van der Waals surface area contributed by atoms with Gasteiger partial charge in [-0.2, -0.15) is 0 Å². The van der Waals surface area contributed by atoms with Gasteiger partial charge in [0.15, 0.2) is 0 Å². The molecule has 0 amide bonds. The second-order valence-electron chi connectivity index (χ2n) is 4.62. The summed E-state index contributed by atoms with van der Waals surface area (Å²) in [4.78, 5) is 0. The van der Waals surface area contributed by atoms with Crippen molar-refractivity contribution in [3.63, 3.8) is 0 Å². The van der Waals surface area contributed by atoms with Crippen LogP contribution in [0.4, 0.5) is 0 Å². The lowest BCUT2D eigenvalue weighted by atomic mass is 9.97. The Kier molecular flexibility index (Phi) is 3.83. The molecule has 1 saturated heterocycles. The third-order valence-corrected chi connectivity index (χ3v) is 2.88. The summed E-state index contributed by atoms with van der Waals surface area (Å²) in [6.07, 6.45) is 3.91. The van der Waals surface area contributed by atoms with E-state index in [1.807, 2.05) is 6.07 Å². The number of para-hydroxylation sites is 1. The predicted molar refractivity (Wildman–Crippen MR) is 65.8 cm³/mol. The first-order valence-corrected chi connectivity index (χ1v) is 6.19. The molecular weight excluding hydrogens is 198 g/mol. The van der Waals surface area contributed by atoms with Gasteiger partial charge in [-0.15, -0.1) is 0 Å². The average molecular weight is 218 g/mol. The lowest BCUT2D eigenvalue weighted by Gasteiger charge is -2.24. The fraction of sp³-hybridized carbons (Fsp3) is 0.571. The van der Waals surface area contributed by atoms with Crippen LogP contribution in [0.25, 0.3) is 0 Å². The number of benzene rings is 1. The van der Waals surface area contributed by atoms with Crippen molar-refractivity contribution in [2.45, 2.75) is 45.3 Å². The van der Waals surface area contributed by atoms with Crippen LogP contribution >= 0.6 is 0 Å². The maximum atomic E-state index is 5.84. The highest BCUT2D eigenvalue weighted by Gasteiger charge is 2.19. The van der Waals surface area contributed by atoms with Gasteiger partial charge in [0.2, 0.25) is 0 Å². The van der Waals surface area contributed by atoms with E-state index in [2.05, 4.69) is 37.4 Å². The van der Waals surface area contributed by atoms with E-state index in [9.17, 15) is 0 Å². The molecule has 0 saturated carbocycles. The molecule has 16 heavy (non-hydrogen) atoms. The quantitative estimate of drug-likeness (QED) is 0.763. The highest BCUT2D eigenvalue weighted by Crippen LogP contribution is 2.31. The summed E-state index contributed by atoms with van der Waals surface area (Å²) in [5.41, 5.74) is 1.26. The molecule has 1 radical (unpaired) electrons. The van der Waals surface area contributed by atoms with E-state index in [1.54, 1.807) is 0 Å². The molecule has 0 bridgehead atoms. The van der Waals surface area contributed by atoms with E-state index < -0.39 is 0 Å². The molecule has 1 aliphatic heterocycles. The van der Waals surface area contributed by atoms with Crippen molar-refractivity contribution in [2.75, 3.05) is 6.54 Å². The smallest absolute Gasteiger partial charge is 0.124 e. The summed E-state index contributed by atoms with van der Waals surface area (Å²) in [5, 5.41) is 4.69. The molecule has 1 aliphatic rings. The van der Waals surface area contributed by atoms with Gasteiger partial charge in [0.05, 0.1) is 12.1 Å². The van der Waals surface area contributed by atoms with Gasteiger partial charge in [0, 0.05) is 12.1 Å². The largest absolute Gasteiger partial charge is 0.491 e. The minimum atomic E-state index is 0.227. The van der Waals surface area contributed by atoms with E-state index in [4.69, 9.17) is 4.74 Å². The van der Waals surface area contributed by atoms with Crippen LogP contribution in [0.3, 0.4) is 0 Å². The molecule has 87 valence electrons. The lowest BCUT2D eigenvalue weighted by Crippen LogP contribution is -2.21. The number of rotatable bonds is 3. The normalized spacial score (nSPS) is 21.1. The average Bonchev–Trinajstić information content (AvgIpc) is 2.30. The van der Waals surface area contributed by atoms with E-state index >= 15 is 0 Å². The second-order valence-corrected chi connectivity index (χ2v) is 4.62. The molecule has 0 N–H and O–H groups in total. The lowest BCUT2D eigenvalue weighted by molar-refractivity contribution is 0.235. The maximum absolute atomic E-state index is 5.84. The van der Waals surface area contributed by atoms with Crippen LogP contribution in [0.5, 0.6) is 5.75 Å². The number of piperidine rings is 1. The number of ether oxygens (including phenoxy) is 1. The van der Waals surface area contributed by atoms with Crippen molar-refractivity contribution in [2.24, 2.45) is 0 Å². The zero-order chi connectivity index (χ0) is 11.4. The zero-order valence-corrected chi connectivity index (χ0v) is 10.1. The summed E-state index contributed by atoms with van der Waals surface area (Å²) >= 11 is 0. The van der Waals surface area contributed by atoms with Crippen LogP contribution < -0.4 is 10.1 Å². The van der Waals surface area contributed by atoms with Gasteiger partial charge in [-0.25, -0.2) is 5.32 Å².